The van der Waals surface area contributed by atoms with E-state index in [0.29, 0.717) is 24.7 Å². The van der Waals surface area contributed by atoms with E-state index in [0.717, 1.165) is 31.6 Å². The van der Waals surface area contributed by atoms with Crippen LogP contribution in [0.25, 0.3) is 0 Å². The van der Waals surface area contributed by atoms with E-state index in [1.54, 1.807) is 0 Å². The van der Waals surface area contributed by atoms with Crippen LogP contribution in [0.1, 0.15) is 82.3 Å². The molecule has 4 heteroatoms. The highest BCUT2D eigenvalue weighted by Crippen LogP contribution is 2.44. The van der Waals surface area contributed by atoms with E-state index >= 15 is 0 Å². The summed E-state index contributed by atoms with van der Waals surface area (Å²) in [5, 5.41) is 0. The summed E-state index contributed by atoms with van der Waals surface area (Å²) in [4.78, 5) is 0. The van der Waals surface area contributed by atoms with Gasteiger partial charge in [0.2, 0.25) is 0 Å². The minimum absolute atomic E-state index is 0.138. The van der Waals surface area contributed by atoms with Crippen LogP contribution in [0.2, 0.25) is 0 Å². The van der Waals surface area contributed by atoms with Crippen molar-refractivity contribution in [2.75, 3.05) is 0 Å². The second kappa shape index (κ2) is 10.8. The van der Waals surface area contributed by atoms with E-state index in [2.05, 4.69) is 31.2 Å². The first-order valence-corrected chi connectivity index (χ1v) is 11.9. The smallest absolute Gasteiger partial charge is 0.212 e. The normalized spacial score (nSPS) is 28.5. The van der Waals surface area contributed by atoms with Gasteiger partial charge in [-0.25, -0.2) is 4.39 Å². The van der Waals surface area contributed by atoms with Crippen LogP contribution in [0.3, 0.4) is 0 Å². The fourth-order valence-electron chi connectivity index (χ4n) is 5.62. The average molecular weight is 425 g/mol. The molecule has 0 bridgehead atoms. The lowest BCUT2D eigenvalue weighted by atomic mass is 9.68. The van der Waals surface area contributed by atoms with Crippen LogP contribution < -0.4 is 0 Å². The summed E-state index contributed by atoms with van der Waals surface area (Å²) < 4.78 is 50.9. The van der Waals surface area contributed by atoms with Gasteiger partial charge >= 0.3 is 6.18 Å². The number of rotatable bonds is 7. The summed E-state index contributed by atoms with van der Waals surface area (Å²) >= 11 is 0. The van der Waals surface area contributed by atoms with Crippen molar-refractivity contribution in [1.29, 1.82) is 0 Å². The minimum atomic E-state index is -4.54. The maximum atomic E-state index is 13.8. The Labute approximate surface area is 179 Å². The number of aryl methyl sites for hydroxylation is 2. The molecular weight excluding hydrogens is 388 g/mol. The summed E-state index contributed by atoms with van der Waals surface area (Å²) in [6.45, 7) is 2.21. The molecule has 30 heavy (non-hydrogen) atoms. The van der Waals surface area contributed by atoms with Gasteiger partial charge in [-0.05, 0) is 86.7 Å². The first kappa shape index (κ1) is 23.3. The zero-order chi connectivity index (χ0) is 21.6. The molecule has 0 radical (unpaired) electrons. The molecule has 2 aliphatic carbocycles. The predicted octanol–water partition coefficient (Wildman–Crippen LogP) is 8.60. The maximum Gasteiger partial charge on any atom is 0.412 e. The van der Waals surface area contributed by atoms with Gasteiger partial charge in [0.05, 0.1) is 6.08 Å². The Morgan fingerprint density at radius 1 is 0.833 bits per heavy atom. The van der Waals surface area contributed by atoms with Crippen molar-refractivity contribution in [3.8, 4) is 0 Å². The molecule has 2 fully saturated rings. The number of hydrogen-bond acceptors (Lipinski definition) is 0. The molecule has 0 saturated heterocycles. The summed E-state index contributed by atoms with van der Waals surface area (Å²) in [7, 11) is 0. The minimum Gasteiger partial charge on any atom is -0.212 e. The van der Waals surface area contributed by atoms with Gasteiger partial charge in [0, 0.05) is 5.92 Å². The van der Waals surface area contributed by atoms with Crippen molar-refractivity contribution in [1.82, 2.24) is 0 Å². The topological polar surface area (TPSA) is 0 Å². The molecule has 0 aliphatic heterocycles. The number of benzene rings is 1. The molecule has 0 N–H and O–H groups in total. The third kappa shape index (κ3) is 7.13. The molecule has 2 aliphatic rings. The van der Waals surface area contributed by atoms with E-state index < -0.39 is 17.9 Å². The molecule has 1 aromatic rings. The van der Waals surface area contributed by atoms with Gasteiger partial charge in [0.15, 0.2) is 0 Å². The van der Waals surface area contributed by atoms with Crippen LogP contribution in [0, 0.1) is 23.7 Å². The molecule has 1 aromatic carbocycles. The van der Waals surface area contributed by atoms with Crippen molar-refractivity contribution >= 4 is 0 Å². The van der Waals surface area contributed by atoms with Crippen molar-refractivity contribution in [2.24, 2.45) is 23.7 Å². The lowest BCUT2D eigenvalue weighted by Crippen LogP contribution is -2.26. The monoisotopic (exact) mass is 424 g/mol. The molecule has 168 valence electrons. The SMILES string of the molecule is CCCc1ccc(CCC2CCC(C3CCC(C(F)=CC(F)(F)F)CC3)CC2)cc1. The Kier molecular flexibility index (Phi) is 8.42. The molecule has 2 saturated carbocycles. The molecule has 0 nitrogen and oxygen atoms in total. The molecule has 0 unspecified atom stereocenters. The molecular formula is C26H36F4. The van der Waals surface area contributed by atoms with Crippen LogP contribution in [0.5, 0.6) is 0 Å². The Hall–Kier alpha value is -1.32. The number of alkyl halides is 3. The summed E-state index contributed by atoms with van der Waals surface area (Å²) in [5.41, 5.74) is 2.86. The highest BCUT2D eigenvalue weighted by Gasteiger charge is 2.34. The molecule has 0 spiro atoms. The van der Waals surface area contributed by atoms with E-state index in [1.807, 2.05) is 0 Å². The highest BCUT2D eigenvalue weighted by atomic mass is 19.4. The van der Waals surface area contributed by atoms with Gasteiger partial charge in [0.25, 0.3) is 0 Å². The zero-order valence-corrected chi connectivity index (χ0v) is 18.2. The first-order chi connectivity index (χ1) is 14.3. The Morgan fingerprint density at radius 3 is 1.83 bits per heavy atom. The average Bonchev–Trinajstić information content (AvgIpc) is 2.73. The third-order valence-electron chi connectivity index (χ3n) is 7.42. The highest BCUT2D eigenvalue weighted by molar-refractivity contribution is 5.22. The largest absolute Gasteiger partial charge is 0.412 e. The van der Waals surface area contributed by atoms with Gasteiger partial charge in [-0.3, -0.25) is 0 Å². The molecule has 0 aromatic heterocycles. The summed E-state index contributed by atoms with van der Waals surface area (Å²) in [6.07, 6.45) is 7.94. The Bertz CT molecular complexity index is 657. The van der Waals surface area contributed by atoms with Crippen LogP contribution in [0.4, 0.5) is 17.6 Å². The van der Waals surface area contributed by atoms with Crippen molar-refractivity contribution < 1.29 is 17.6 Å². The lowest BCUT2D eigenvalue weighted by Gasteiger charge is -2.37. The standard InChI is InChI=1S/C26H36F4/c1-2-3-19-4-6-20(7-5-19)8-9-21-10-12-22(13-11-21)23-14-16-24(17-15-23)25(27)18-26(28,29)30/h4-7,18,21-24H,2-3,8-17H2,1H3. The lowest BCUT2D eigenvalue weighted by molar-refractivity contribution is -0.0821. The summed E-state index contributed by atoms with van der Waals surface area (Å²) in [5.74, 6) is 0.563. The maximum absolute atomic E-state index is 13.8. The number of hydrogen-bond donors (Lipinski definition) is 0. The quantitative estimate of drug-likeness (QED) is 0.384. The number of halogens is 4. The Balaban J connectivity index is 1.37. The zero-order valence-electron chi connectivity index (χ0n) is 18.2. The third-order valence-corrected chi connectivity index (χ3v) is 7.42. The molecule has 3 rings (SSSR count). The molecule has 0 atom stereocenters. The van der Waals surface area contributed by atoms with Gasteiger partial charge in [-0.1, -0.05) is 50.5 Å². The van der Waals surface area contributed by atoms with E-state index in [9.17, 15) is 17.6 Å². The molecule has 0 heterocycles. The van der Waals surface area contributed by atoms with E-state index in [-0.39, 0.29) is 6.08 Å². The van der Waals surface area contributed by atoms with Gasteiger partial charge in [0.1, 0.15) is 5.83 Å². The van der Waals surface area contributed by atoms with Gasteiger partial charge in [-0.15, -0.1) is 0 Å². The van der Waals surface area contributed by atoms with Crippen LogP contribution in [0.15, 0.2) is 36.2 Å². The van der Waals surface area contributed by atoms with Crippen LogP contribution in [-0.2, 0) is 12.8 Å². The molecule has 0 amide bonds. The van der Waals surface area contributed by atoms with Crippen LogP contribution in [-0.4, -0.2) is 6.18 Å². The van der Waals surface area contributed by atoms with E-state index in [1.165, 1.54) is 49.7 Å². The first-order valence-electron chi connectivity index (χ1n) is 11.9. The van der Waals surface area contributed by atoms with Crippen molar-refractivity contribution in [3.05, 3.63) is 47.3 Å². The fourth-order valence-corrected chi connectivity index (χ4v) is 5.62. The predicted molar refractivity (Wildman–Crippen MR) is 115 cm³/mol. The van der Waals surface area contributed by atoms with Crippen LogP contribution >= 0.6 is 0 Å². The van der Waals surface area contributed by atoms with E-state index in [4.69, 9.17) is 0 Å². The van der Waals surface area contributed by atoms with Gasteiger partial charge < -0.3 is 0 Å². The second-order valence-electron chi connectivity index (χ2n) is 9.57. The summed E-state index contributed by atoms with van der Waals surface area (Å²) in [6, 6.07) is 9.08. The van der Waals surface area contributed by atoms with Crippen molar-refractivity contribution in [2.45, 2.75) is 90.1 Å². The second-order valence-corrected chi connectivity index (χ2v) is 9.57. The van der Waals surface area contributed by atoms with Crippen molar-refractivity contribution in [3.63, 3.8) is 0 Å². The number of allylic oxidation sites excluding steroid dienone is 2. The Morgan fingerprint density at radius 2 is 1.33 bits per heavy atom. The fraction of sp³-hybridized carbons (Fsp3) is 0.692. The van der Waals surface area contributed by atoms with Gasteiger partial charge in [-0.2, -0.15) is 13.2 Å².